The van der Waals surface area contributed by atoms with Crippen molar-refractivity contribution in [2.24, 2.45) is 5.73 Å². The molecule has 4 nitrogen and oxygen atoms in total. The third-order valence-electron chi connectivity index (χ3n) is 2.49. The number of carbonyl (C=O) groups is 1. The smallest absolute Gasteiger partial charge is 0.255 e. The number of rotatable bonds is 3. The van der Waals surface area contributed by atoms with Gasteiger partial charge in [-0.05, 0) is 18.2 Å². The van der Waals surface area contributed by atoms with Gasteiger partial charge in [0.25, 0.3) is 5.91 Å². The average molecular weight is 299 g/mol. The molecule has 7 heteroatoms. The molecule has 0 spiro atoms. The minimum atomic E-state index is -1.01. The van der Waals surface area contributed by atoms with Gasteiger partial charge in [0.05, 0.1) is 10.7 Å². The van der Waals surface area contributed by atoms with Crippen LogP contribution in [0.2, 0.25) is 5.02 Å². The Bertz CT molecular complexity index is 692. The average Bonchev–Trinajstić information content (AvgIpc) is 2.35. The number of nitrogen functional groups attached to an aromatic ring is 1. The number of halogens is 3. The Labute approximate surface area is 117 Å². The minimum absolute atomic E-state index is 0.0380. The fraction of sp³-hybridized carbons (Fsp3) is 0. The number of amides is 1. The van der Waals surface area contributed by atoms with Crippen LogP contribution in [0.25, 0.3) is 0 Å². The Morgan fingerprint density at radius 3 is 2.50 bits per heavy atom. The van der Waals surface area contributed by atoms with Crippen molar-refractivity contribution < 1.29 is 18.3 Å². The molecule has 0 aliphatic carbocycles. The monoisotopic (exact) mass is 298 g/mol. The second-order valence-corrected chi connectivity index (χ2v) is 4.29. The van der Waals surface area contributed by atoms with E-state index >= 15 is 0 Å². The molecular formula is C13H9ClF2N2O2. The molecule has 0 aliphatic rings. The highest BCUT2D eigenvalue weighted by molar-refractivity contribution is 6.31. The lowest BCUT2D eigenvalue weighted by molar-refractivity contribution is 0.0994. The quantitative estimate of drug-likeness (QED) is 0.855. The van der Waals surface area contributed by atoms with Crippen molar-refractivity contribution in [3.63, 3.8) is 0 Å². The second kappa shape index (κ2) is 5.34. The minimum Gasteiger partial charge on any atom is -0.454 e. The maximum Gasteiger partial charge on any atom is 0.255 e. The third kappa shape index (κ3) is 2.65. The summed E-state index contributed by atoms with van der Waals surface area (Å²) in [5.74, 6) is -2.87. The SMILES string of the molecule is NC(=O)c1c(F)cccc1Oc1cc(F)c(Cl)cc1N. The lowest BCUT2D eigenvalue weighted by Crippen LogP contribution is -2.14. The van der Waals surface area contributed by atoms with Crippen LogP contribution in [0.4, 0.5) is 14.5 Å². The van der Waals surface area contributed by atoms with E-state index in [0.717, 1.165) is 18.2 Å². The maximum absolute atomic E-state index is 13.5. The number of ether oxygens (including phenoxy) is 1. The maximum atomic E-state index is 13.5. The van der Waals surface area contributed by atoms with E-state index in [-0.39, 0.29) is 22.2 Å². The molecule has 0 atom stereocenters. The van der Waals surface area contributed by atoms with Crippen LogP contribution in [0.15, 0.2) is 30.3 Å². The van der Waals surface area contributed by atoms with Gasteiger partial charge in [-0.2, -0.15) is 0 Å². The van der Waals surface area contributed by atoms with Crippen molar-refractivity contribution in [1.82, 2.24) is 0 Å². The van der Waals surface area contributed by atoms with Crippen LogP contribution in [0.5, 0.6) is 11.5 Å². The molecule has 0 saturated heterocycles. The van der Waals surface area contributed by atoms with Gasteiger partial charge in [0.2, 0.25) is 0 Å². The zero-order valence-electron chi connectivity index (χ0n) is 9.99. The molecular weight excluding hydrogens is 290 g/mol. The van der Waals surface area contributed by atoms with Gasteiger partial charge < -0.3 is 16.2 Å². The molecule has 1 amide bonds. The molecule has 0 radical (unpaired) electrons. The fourth-order valence-electron chi connectivity index (χ4n) is 1.58. The third-order valence-corrected chi connectivity index (χ3v) is 2.78. The van der Waals surface area contributed by atoms with Crippen molar-refractivity contribution in [3.05, 3.63) is 52.6 Å². The van der Waals surface area contributed by atoms with Crippen molar-refractivity contribution in [1.29, 1.82) is 0 Å². The van der Waals surface area contributed by atoms with Gasteiger partial charge in [-0.1, -0.05) is 17.7 Å². The molecule has 20 heavy (non-hydrogen) atoms. The zero-order chi connectivity index (χ0) is 14.9. The van der Waals surface area contributed by atoms with Gasteiger partial charge >= 0.3 is 0 Å². The number of benzene rings is 2. The van der Waals surface area contributed by atoms with Gasteiger partial charge in [-0.15, -0.1) is 0 Å². The summed E-state index contributed by atoms with van der Waals surface area (Å²) in [6.45, 7) is 0. The number of carbonyl (C=O) groups excluding carboxylic acids is 1. The highest BCUT2D eigenvalue weighted by Crippen LogP contribution is 2.33. The van der Waals surface area contributed by atoms with Gasteiger partial charge in [0, 0.05) is 6.07 Å². The highest BCUT2D eigenvalue weighted by Gasteiger charge is 2.17. The van der Waals surface area contributed by atoms with Crippen LogP contribution in [0.1, 0.15) is 10.4 Å². The molecule has 0 unspecified atom stereocenters. The Morgan fingerprint density at radius 2 is 1.85 bits per heavy atom. The molecule has 2 rings (SSSR count). The van der Waals surface area contributed by atoms with Crippen LogP contribution < -0.4 is 16.2 Å². The van der Waals surface area contributed by atoms with Crippen molar-refractivity contribution in [2.45, 2.75) is 0 Å². The Hall–Kier alpha value is -2.34. The van der Waals surface area contributed by atoms with E-state index in [1.54, 1.807) is 0 Å². The number of nitrogens with two attached hydrogens (primary N) is 2. The summed E-state index contributed by atoms with van der Waals surface area (Å²) in [4.78, 5) is 11.2. The summed E-state index contributed by atoms with van der Waals surface area (Å²) >= 11 is 5.55. The molecule has 104 valence electrons. The molecule has 0 aliphatic heterocycles. The summed E-state index contributed by atoms with van der Waals surface area (Å²) in [7, 11) is 0. The van der Waals surface area contributed by atoms with E-state index in [0.29, 0.717) is 0 Å². The fourth-order valence-corrected chi connectivity index (χ4v) is 1.75. The van der Waals surface area contributed by atoms with E-state index in [4.69, 9.17) is 27.8 Å². The van der Waals surface area contributed by atoms with E-state index < -0.39 is 23.1 Å². The molecule has 4 N–H and O–H groups in total. The van der Waals surface area contributed by atoms with E-state index in [1.807, 2.05) is 0 Å². The first-order valence-corrected chi connectivity index (χ1v) is 5.78. The van der Waals surface area contributed by atoms with Crippen LogP contribution in [0, 0.1) is 11.6 Å². The molecule has 0 aromatic heterocycles. The first kappa shape index (κ1) is 14.1. The van der Waals surface area contributed by atoms with E-state index in [2.05, 4.69) is 0 Å². The number of hydrogen-bond acceptors (Lipinski definition) is 3. The van der Waals surface area contributed by atoms with Gasteiger partial charge in [0.15, 0.2) is 5.75 Å². The van der Waals surface area contributed by atoms with E-state index in [9.17, 15) is 13.6 Å². The first-order chi connectivity index (χ1) is 9.40. The van der Waals surface area contributed by atoms with Crippen molar-refractivity contribution >= 4 is 23.2 Å². The summed E-state index contributed by atoms with van der Waals surface area (Å²) in [6.07, 6.45) is 0. The normalized spacial score (nSPS) is 10.3. The predicted octanol–water partition coefficient (Wildman–Crippen LogP) is 3.09. The van der Waals surface area contributed by atoms with Gasteiger partial charge in [0.1, 0.15) is 22.9 Å². The Morgan fingerprint density at radius 1 is 1.15 bits per heavy atom. The molecule has 0 saturated carbocycles. The standard InChI is InChI=1S/C13H9ClF2N2O2/c14-6-4-9(17)11(5-8(6)16)20-10-3-1-2-7(15)12(10)13(18)19/h1-5H,17H2,(H2,18,19). The van der Waals surface area contributed by atoms with Gasteiger partial charge in [-0.3, -0.25) is 4.79 Å². The topological polar surface area (TPSA) is 78.3 Å². The van der Waals surface area contributed by atoms with E-state index in [1.165, 1.54) is 12.1 Å². The first-order valence-electron chi connectivity index (χ1n) is 5.41. The summed E-state index contributed by atoms with van der Waals surface area (Å²) < 4.78 is 32.2. The summed E-state index contributed by atoms with van der Waals surface area (Å²) in [5.41, 5.74) is 10.3. The Kier molecular flexibility index (Phi) is 3.76. The van der Waals surface area contributed by atoms with Crippen LogP contribution >= 0.6 is 11.6 Å². The summed E-state index contributed by atoms with van der Waals surface area (Å²) in [5, 5.41) is -0.177. The molecule has 2 aromatic rings. The lowest BCUT2D eigenvalue weighted by atomic mass is 10.1. The van der Waals surface area contributed by atoms with Crippen molar-refractivity contribution in [2.75, 3.05) is 5.73 Å². The van der Waals surface area contributed by atoms with Gasteiger partial charge in [-0.25, -0.2) is 8.78 Å². The predicted molar refractivity (Wildman–Crippen MR) is 70.8 cm³/mol. The Balaban J connectivity index is 2.48. The van der Waals surface area contributed by atoms with Crippen LogP contribution in [0.3, 0.4) is 0 Å². The molecule has 0 fully saturated rings. The number of primary amides is 1. The molecule has 0 bridgehead atoms. The van der Waals surface area contributed by atoms with Crippen LogP contribution in [-0.4, -0.2) is 5.91 Å². The second-order valence-electron chi connectivity index (χ2n) is 3.88. The lowest BCUT2D eigenvalue weighted by Gasteiger charge is -2.12. The zero-order valence-corrected chi connectivity index (χ0v) is 10.7. The molecule has 2 aromatic carbocycles. The van der Waals surface area contributed by atoms with Crippen molar-refractivity contribution in [3.8, 4) is 11.5 Å². The summed E-state index contributed by atoms with van der Waals surface area (Å²) in [6, 6.07) is 5.77. The molecule has 0 heterocycles. The largest absolute Gasteiger partial charge is 0.454 e. The number of hydrogen-bond donors (Lipinski definition) is 2. The van der Waals surface area contributed by atoms with Crippen LogP contribution in [-0.2, 0) is 0 Å². The highest BCUT2D eigenvalue weighted by atomic mass is 35.5. The number of anilines is 1.